The second-order valence-electron chi connectivity index (χ2n) is 8.40. The molecule has 3 rings (SSSR count). The summed E-state index contributed by atoms with van der Waals surface area (Å²) in [4.78, 5) is 25.6. The van der Waals surface area contributed by atoms with Crippen molar-refractivity contribution in [3.8, 4) is 0 Å². The van der Waals surface area contributed by atoms with Crippen molar-refractivity contribution in [3.05, 3.63) is 76.2 Å². The van der Waals surface area contributed by atoms with E-state index in [-0.39, 0.29) is 53.4 Å². The first-order valence-corrected chi connectivity index (χ1v) is 10.7. The number of hydrogen-bond donors (Lipinski definition) is 2. The van der Waals surface area contributed by atoms with Gasteiger partial charge in [0.05, 0.1) is 0 Å². The molecule has 0 aromatic carbocycles. The number of aromatic nitrogens is 1. The Bertz CT molecular complexity index is 977. The minimum absolute atomic E-state index is 0. The van der Waals surface area contributed by atoms with Gasteiger partial charge in [-0.3, -0.25) is 9.59 Å². The zero-order valence-corrected chi connectivity index (χ0v) is 24.2. The zero-order valence-electron chi connectivity index (χ0n) is 21.6. The average molecular weight is 560 g/mol. The van der Waals surface area contributed by atoms with Crippen LogP contribution in [-0.4, -0.2) is 28.0 Å². The summed E-state index contributed by atoms with van der Waals surface area (Å²) in [6.45, 7) is 15.1. The van der Waals surface area contributed by atoms with Gasteiger partial charge in [0, 0.05) is 37.1 Å². The van der Waals surface area contributed by atoms with Crippen molar-refractivity contribution in [1.82, 2.24) is 4.98 Å². The topological polar surface area (TPSA) is 94.7 Å². The number of carbonyl (C=O) groups excluding carboxylic acids is 2. The molecule has 0 amide bonds. The Morgan fingerprint density at radius 3 is 1.31 bits per heavy atom. The monoisotopic (exact) mass is 559 g/mol. The first-order chi connectivity index (χ1) is 14.8. The summed E-state index contributed by atoms with van der Waals surface area (Å²) in [5, 5.41) is 15.2. The number of nitrogens with one attached hydrogen (secondary N) is 2. The van der Waals surface area contributed by atoms with Crippen LogP contribution in [0.25, 0.3) is 0 Å². The van der Waals surface area contributed by atoms with Crippen molar-refractivity contribution in [1.29, 1.82) is 10.8 Å². The van der Waals surface area contributed by atoms with Gasteiger partial charge in [-0.25, -0.2) is 4.98 Å². The van der Waals surface area contributed by atoms with Crippen LogP contribution in [0.15, 0.2) is 64.8 Å². The van der Waals surface area contributed by atoms with E-state index in [0.717, 1.165) is 22.6 Å². The molecule has 0 radical (unpaired) electrons. The van der Waals surface area contributed by atoms with Crippen LogP contribution in [0.2, 0.25) is 0 Å². The first-order valence-electron chi connectivity index (χ1n) is 10.7. The molecule has 2 aliphatic carbocycles. The molecule has 0 saturated heterocycles. The molecular weight excluding hydrogens is 525 g/mol. The second kappa shape index (κ2) is 17.3. The molecule has 1 heterocycles. The zero-order chi connectivity index (χ0) is 24.6. The van der Waals surface area contributed by atoms with Crippen molar-refractivity contribution >= 4 is 23.0 Å². The van der Waals surface area contributed by atoms with Gasteiger partial charge in [0.2, 0.25) is 0 Å². The minimum atomic E-state index is -0.127. The number of ketones is 2. The molecule has 192 valence electrons. The first kappa shape index (κ1) is 37.4. The number of Topliss-reactive ketones (excluding diaryl/α,β-unsaturated/α-hetero) is 2. The van der Waals surface area contributed by atoms with Crippen molar-refractivity contribution in [3.63, 3.8) is 0 Å². The normalized spacial score (nSPS) is 18.1. The predicted octanol–water partition coefficient (Wildman–Crippen LogP) is 0.589. The van der Waals surface area contributed by atoms with Crippen molar-refractivity contribution in [2.24, 2.45) is 11.8 Å². The molecule has 0 fully saturated rings. The van der Waals surface area contributed by atoms with Crippen LogP contribution >= 0.6 is 0 Å². The third kappa shape index (κ3) is 12.4. The summed E-state index contributed by atoms with van der Waals surface area (Å²) >= 11 is 0. The van der Waals surface area contributed by atoms with E-state index < -0.39 is 0 Å². The number of halogens is 2. The quantitative estimate of drug-likeness (QED) is 0.410. The van der Waals surface area contributed by atoms with Crippen molar-refractivity contribution in [2.75, 3.05) is 0 Å². The molecule has 8 heteroatoms. The molecule has 35 heavy (non-hydrogen) atoms. The fourth-order valence-corrected chi connectivity index (χ4v) is 3.44. The molecule has 1 aromatic rings. The molecule has 1 aromatic heterocycles. The fourth-order valence-electron chi connectivity index (χ4n) is 3.44. The largest absolute Gasteiger partial charge is 2.00 e. The van der Waals surface area contributed by atoms with Gasteiger partial charge in [-0.05, 0) is 51.0 Å². The van der Waals surface area contributed by atoms with Crippen molar-refractivity contribution in [2.45, 2.75) is 55.4 Å². The van der Waals surface area contributed by atoms with Crippen molar-refractivity contribution < 1.29 is 51.5 Å². The Morgan fingerprint density at radius 1 is 0.743 bits per heavy atom. The molecule has 2 unspecified atom stereocenters. The summed E-state index contributed by atoms with van der Waals surface area (Å²) < 4.78 is 0. The molecular formula is C27H35Cl2FeN3O2. The minimum Gasteiger partial charge on any atom is -1.00 e. The number of hydrogen-bond acceptors (Lipinski definition) is 5. The Hall–Kier alpha value is -2.11. The summed E-state index contributed by atoms with van der Waals surface area (Å²) in [5.41, 5.74) is 6.95. The smallest absolute Gasteiger partial charge is 1.00 e. The SMILES string of the molecule is CC(=O)c1cccc(C(C)=O)n1.CC1=CC(C)C(=N)C(C)=C1.CC1=CC(C)C(=N)C(C)=C1.[Cl-].[Cl-].[Fe+2]. The number of carbonyl (C=O) groups is 2. The van der Waals surface area contributed by atoms with Crippen LogP contribution in [0.1, 0.15) is 76.4 Å². The van der Waals surface area contributed by atoms with E-state index in [1.165, 1.54) is 25.0 Å². The maximum Gasteiger partial charge on any atom is 2.00 e. The van der Waals surface area contributed by atoms with E-state index in [1.54, 1.807) is 18.2 Å². The summed E-state index contributed by atoms with van der Waals surface area (Å²) in [6, 6.07) is 4.84. The van der Waals surface area contributed by atoms with E-state index in [0.29, 0.717) is 23.2 Å². The summed E-state index contributed by atoms with van der Waals surface area (Å²) in [6.07, 6.45) is 8.36. The Labute approximate surface area is 233 Å². The van der Waals surface area contributed by atoms with Gasteiger partial charge in [0.25, 0.3) is 0 Å². The predicted molar refractivity (Wildman–Crippen MR) is 133 cm³/mol. The third-order valence-electron chi connectivity index (χ3n) is 5.15. The summed E-state index contributed by atoms with van der Waals surface area (Å²) in [7, 11) is 0. The van der Waals surface area contributed by atoms with E-state index in [1.807, 2.05) is 13.8 Å². The van der Waals surface area contributed by atoms with E-state index in [2.05, 4.69) is 57.0 Å². The Balaban J connectivity index is -0.000000423. The molecule has 0 aliphatic heterocycles. The van der Waals surface area contributed by atoms with Gasteiger partial charge in [0.1, 0.15) is 11.4 Å². The fraction of sp³-hybridized carbons (Fsp3) is 0.370. The van der Waals surface area contributed by atoms with Crippen LogP contribution in [0, 0.1) is 22.7 Å². The van der Waals surface area contributed by atoms with Gasteiger partial charge in [-0.1, -0.05) is 55.4 Å². The molecule has 2 N–H and O–H groups in total. The van der Waals surface area contributed by atoms with Gasteiger partial charge >= 0.3 is 17.1 Å². The van der Waals surface area contributed by atoms with Gasteiger partial charge in [0.15, 0.2) is 11.6 Å². The summed E-state index contributed by atoms with van der Waals surface area (Å²) in [5.74, 6) is 0.367. The van der Waals surface area contributed by atoms with Gasteiger partial charge < -0.3 is 35.6 Å². The molecule has 0 saturated carbocycles. The number of pyridine rings is 1. The maximum atomic E-state index is 10.8. The Morgan fingerprint density at radius 2 is 1.06 bits per heavy atom. The molecule has 2 atom stereocenters. The number of rotatable bonds is 2. The van der Waals surface area contributed by atoms with Gasteiger partial charge in [-0.2, -0.15) is 0 Å². The third-order valence-corrected chi connectivity index (χ3v) is 5.15. The van der Waals surface area contributed by atoms with Crippen LogP contribution in [0.3, 0.4) is 0 Å². The molecule has 0 spiro atoms. The maximum absolute atomic E-state index is 10.8. The molecule has 2 aliphatic rings. The average Bonchev–Trinajstić information content (AvgIpc) is 2.71. The number of nitrogens with zero attached hydrogens (tertiary/aromatic N) is 1. The second-order valence-corrected chi connectivity index (χ2v) is 8.40. The van der Waals surface area contributed by atoms with Gasteiger partial charge in [-0.15, -0.1) is 0 Å². The van der Waals surface area contributed by atoms with E-state index in [9.17, 15) is 9.59 Å². The number of allylic oxidation sites excluding steroid dienone is 8. The molecule has 0 bridgehead atoms. The van der Waals surface area contributed by atoms with Crippen LogP contribution < -0.4 is 24.8 Å². The van der Waals surface area contributed by atoms with Crippen LogP contribution in [0.5, 0.6) is 0 Å². The molecule has 5 nitrogen and oxygen atoms in total. The van der Waals surface area contributed by atoms with Crippen LogP contribution in [-0.2, 0) is 17.1 Å². The van der Waals surface area contributed by atoms with Crippen LogP contribution in [0.4, 0.5) is 0 Å². The van der Waals surface area contributed by atoms with E-state index in [4.69, 9.17) is 10.8 Å². The standard InChI is InChI=1S/C9H9NO2.2C9H13N.2ClH.Fe/c1-6(11)8-4-3-5-9(10-8)7(2)12;2*1-6-4-7(2)9(10)8(3)5-6;;;/h3-5H,1-2H3;2*4-5,7,10H,1-3H3;2*1H;/q;;;;;+2/p-2. The Kier molecular flexibility index (Phi) is 18.5. The van der Waals surface area contributed by atoms with E-state index >= 15 is 0 Å².